The van der Waals surface area contributed by atoms with Crippen molar-refractivity contribution in [3.63, 3.8) is 0 Å². The van der Waals surface area contributed by atoms with Crippen molar-refractivity contribution in [1.29, 1.82) is 0 Å². The summed E-state index contributed by atoms with van der Waals surface area (Å²) in [7, 11) is 1.78. The van der Waals surface area contributed by atoms with Gasteiger partial charge in [0.05, 0.1) is 5.56 Å². The van der Waals surface area contributed by atoms with Crippen molar-refractivity contribution in [2.45, 2.75) is 38.6 Å². The molecule has 0 aromatic carbocycles. The van der Waals surface area contributed by atoms with Crippen molar-refractivity contribution in [3.05, 3.63) is 23.9 Å². The molecule has 1 aliphatic carbocycles. The fourth-order valence-corrected chi connectivity index (χ4v) is 2.65. The Balaban J connectivity index is 2.02. The Labute approximate surface area is 108 Å². The maximum absolute atomic E-state index is 12.2. The number of nitrogens with zero attached hydrogens (tertiary/aromatic N) is 1. The van der Waals surface area contributed by atoms with Crippen LogP contribution in [0.3, 0.4) is 0 Å². The molecule has 0 aliphatic heterocycles. The minimum Gasteiger partial charge on any atom is -0.372 e. The molecule has 0 spiro atoms. The average Bonchev–Trinajstić information content (AvgIpc) is 2.92. The molecule has 1 fully saturated rings. The number of aromatic nitrogens is 1. The molecule has 0 radical (unpaired) electrons. The van der Waals surface area contributed by atoms with Crippen LogP contribution < -0.4 is 10.6 Å². The van der Waals surface area contributed by atoms with Gasteiger partial charge >= 0.3 is 0 Å². The SMILES string of the molecule is CNc1ncccc1C(=O)NC(C)C1CCCC1. The molecule has 18 heavy (non-hydrogen) atoms. The van der Waals surface area contributed by atoms with E-state index in [0.29, 0.717) is 17.3 Å². The van der Waals surface area contributed by atoms with E-state index < -0.39 is 0 Å². The largest absolute Gasteiger partial charge is 0.372 e. The number of nitrogens with one attached hydrogen (secondary N) is 2. The van der Waals surface area contributed by atoms with Gasteiger partial charge in [0.1, 0.15) is 5.82 Å². The zero-order valence-electron chi connectivity index (χ0n) is 11.1. The van der Waals surface area contributed by atoms with Crippen molar-refractivity contribution < 1.29 is 4.79 Å². The lowest BCUT2D eigenvalue weighted by Crippen LogP contribution is -2.37. The van der Waals surface area contributed by atoms with Crippen LogP contribution >= 0.6 is 0 Å². The van der Waals surface area contributed by atoms with E-state index in [2.05, 4.69) is 22.5 Å². The summed E-state index contributed by atoms with van der Waals surface area (Å²) in [6.45, 7) is 2.10. The molecule has 2 rings (SSSR count). The minimum atomic E-state index is -0.0353. The lowest BCUT2D eigenvalue weighted by atomic mass is 9.99. The van der Waals surface area contributed by atoms with Crippen LogP contribution in [0.25, 0.3) is 0 Å². The number of carbonyl (C=O) groups is 1. The molecule has 1 amide bonds. The van der Waals surface area contributed by atoms with Crippen molar-refractivity contribution in [1.82, 2.24) is 10.3 Å². The van der Waals surface area contributed by atoms with E-state index in [1.807, 2.05) is 0 Å². The summed E-state index contributed by atoms with van der Waals surface area (Å²) in [4.78, 5) is 16.4. The Kier molecular flexibility index (Phi) is 4.18. The van der Waals surface area contributed by atoms with Crippen LogP contribution in [-0.2, 0) is 0 Å². The molecule has 98 valence electrons. The summed E-state index contributed by atoms with van der Waals surface area (Å²) in [6, 6.07) is 3.83. The zero-order valence-corrected chi connectivity index (χ0v) is 11.1. The smallest absolute Gasteiger partial charge is 0.255 e. The van der Waals surface area contributed by atoms with Gasteiger partial charge in [0.25, 0.3) is 5.91 Å². The number of amides is 1. The predicted molar refractivity (Wildman–Crippen MR) is 72.7 cm³/mol. The van der Waals surface area contributed by atoms with Crippen molar-refractivity contribution >= 4 is 11.7 Å². The van der Waals surface area contributed by atoms with Crippen LogP contribution in [0.2, 0.25) is 0 Å². The first-order valence-corrected chi connectivity index (χ1v) is 6.66. The van der Waals surface area contributed by atoms with Crippen molar-refractivity contribution in [2.24, 2.45) is 5.92 Å². The van der Waals surface area contributed by atoms with Gasteiger partial charge in [-0.15, -0.1) is 0 Å². The van der Waals surface area contributed by atoms with Gasteiger partial charge in [-0.25, -0.2) is 4.98 Å². The molecule has 2 N–H and O–H groups in total. The van der Waals surface area contributed by atoms with Gasteiger partial charge in [-0.1, -0.05) is 12.8 Å². The van der Waals surface area contributed by atoms with E-state index in [4.69, 9.17) is 0 Å². The van der Waals surface area contributed by atoms with Crippen LogP contribution in [0, 0.1) is 5.92 Å². The summed E-state index contributed by atoms with van der Waals surface area (Å²) in [5.74, 6) is 1.23. The highest BCUT2D eigenvalue weighted by Gasteiger charge is 2.23. The summed E-state index contributed by atoms with van der Waals surface area (Å²) in [5.41, 5.74) is 0.616. The zero-order chi connectivity index (χ0) is 13.0. The summed E-state index contributed by atoms with van der Waals surface area (Å²) < 4.78 is 0. The predicted octanol–water partition coefficient (Wildman–Crippen LogP) is 2.43. The summed E-state index contributed by atoms with van der Waals surface area (Å²) in [5, 5.41) is 6.04. The molecule has 1 saturated carbocycles. The van der Waals surface area contributed by atoms with Gasteiger partial charge < -0.3 is 10.6 Å². The van der Waals surface area contributed by atoms with E-state index in [1.165, 1.54) is 25.7 Å². The number of hydrogen-bond acceptors (Lipinski definition) is 3. The third-order valence-electron chi connectivity index (χ3n) is 3.75. The number of carbonyl (C=O) groups excluding carboxylic acids is 1. The minimum absolute atomic E-state index is 0.0353. The lowest BCUT2D eigenvalue weighted by Gasteiger charge is -2.20. The number of pyridine rings is 1. The Morgan fingerprint density at radius 3 is 2.83 bits per heavy atom. The Bertz CT molecular complexity index is 413. The second kappa shape index (κ2) is 5.85. The summed E-state index contributed by atoms with van der Waals surface area (Å²) >= 11 is 0. The van der Waals surface area contributed by atoms with E-state index in [9.17, 15) is 4.79 Å². The molecule has 1 atom stereocenters. The Hall–Kier alpha value is -1.58. The van der Waals surface area contributed by atoms with Gasteiger partial charge in [-0.3, -0.25) is 4.79 Å². The highest BCUT2D eigenvalue weighted by Crippen LogP contribution is 2.27. The highest BCUT2D eigenvalue weighted by molar-refractivity contribution is 5.98. The quantitative estimate of drug-likeness (QED) is 0.859. The maximum atomic E-state index is 12.2. The monoisotopic (exact) mass is 247 g/mol. The molecule has 1 aromatic rings. The number of hydrogen-bond donors (Lipinski definition) is 2. The van der Waals surface area contributed by atoms with Crippen LogP contribution in [0.4, 0.5) is 5.82 Å². The van der Waals surface area contributed by atoms with Gasteiger partial charge in [-0.2, -0.15) is 0 Å². The van der Waals surface area contributed by atoms with Crippen LogP contribution in [-0.4, -0.2) is 24.0 Å². The van der Waals surface area contributed by atoms with Crippen LogP contribution in [0.15, 0.2) is 18.3 Å². The third kappa shape index (κ3) is 2.81. The number of rotatable bonds is 4. The van der Waals surface area contributed by atoms with Crippen LogP contribution in [0.5, 0.6) is 0 Å². The summed E-state index contributed by atoms with van der Waals surface area (Å²) in [6.07, 6.45) is 6.73. The second-order valence-electron chi connectivity index (χ2n) is 4.96. The first-order chi connectivity index (χ1) is 8.72. The maximum Gasteiger partial charge on any atom is 0.255 e. The van der Waals surface area contributed by atoms with Gasteiger partial charge in [0.2, 0.25) is 0 Å². The van der Waals surface area contributed by atoms with Gasteiger partial charge in [0.15, 0.2) is 0 Å². The molecule has 4 nitrogen and oxygen atoms in total. The molecule has 4 heteroatoms. The topological polar surface area (TPSA) is 54.0 Å². The van der Waals surface area contributed by atoms with Crippen LogP contribution in [0.1, 0.15) is 43.0 Å². The van der Waals surface area contributed by atoms with Gasteiger partial charge in [0, 0.05) is 19.3 Å². The molecule has 1 aromatic heterocycles. The molecule has 0 saturated heterocycles. The molecule has 1 heterocycles. The Morgan fingerprint density at radius 2 is 2.17 bits per heavy atom. The fraction of sp³-hybridized carbons (Fsp3) is 0.571. The molecular weight excluding hydrogens is 226 g/mol. The second-order valence-corrected chi connectivity index (χ2v) is 4.96. The van der Waals surface area contributed by atoms with Crippen molar-refractivity contribution in [2.75, 3.05) is 12.4 Å². The van der Waals surface area contributed by atoms with E-state index in [1.54, 1.807) is 25.4 Å². The first-order valence-electron chi connectivity index (χ1n) is 6.66. The van der Waals surface area contributed by atoms with E-state index in [-0.39, 0.29) is 11.9 Å². The average molecular weight is 247 g/mol. The molecule has 1 unspecified atom stereocenters. The first kappa shape index (κ1) is 12.9. The fourth-order valence-electron chi connectivity index (χ4n) is 2.65. The van der Waals surface area contributed by atoms with E-state index >= 15 is 0 Å². The third-order valence-corrected chi connectivity index (χ3v) is 3.75. The Morgan fingerprint density at radius 1 is 1.44 bits per heavy atom. The van der Waals surface area contributed by atoms with Gasteiger partial charge in [-0.05, 0) is 37.8 Å². The molecule has 1 aliphatic rings. The molecular formula is C14H21N3O. The van der Waals surface area contributed by atoms with E-state index in [0.717, 1.165) is 0 Å². The molecule has 0 bridgehead atoms. The highest BCUT2D eigenvalue weighted by atomic mass is 16.1. The number of anilines is 1. The normalized spacial score (nSPS) is 17.4. The standard InChI is InChI=1S/C14H21N3O/c1-10(11-6-3-4-7-11)17-14(18)12-8-5-9-16-13(12)15-2/h5,8-11H,3-4,6-7H2,1-2H3,(H,15,16)(H,17,18). The van der Waals surface area contributed by atoms with Crippen molar-refractivity contribution in [3.8, 4) is 0 Å². The lowest BCUT2D eigenvalue weighted by molar-refractivity contribution is 0.0928.